The molecule has 0 aromatic rings. The quantitative estimate of drug-likeness (QED) is 0.218. The van der Waals surface area contributed by atoms with Crippen molar-refractivity contribution in [2.24, 2.45) is 10.4 Å². The van der Waals surface area contributed by atoms with Gasteiger partial charge < -0.3 is 19.7 Å². The second kappa shape index (κ2) is 14.9. The van der Waals surface area contributed by atoms with E-state index in [-0.39, 0.29) is 24.0 Å². The Morgan fingerprint density at radius 2 is 1.81 bits per heavy atom. The Hall–Kier alpha value is -0.0800. The molecule has 5 nitrogen and oxygen atoms in total. The maximum atomic E-state index is 5.95. The fourth-order valence-corrected chi connectivity index (χ4v) is 3.07. The van der Waals surface area contributed by atoms with Crippen molar-refractivity contribution >= 4 is 29.9 Å². The Labute approximate surface area is 178 Å². The van der Waals surface area contributed by atoms with E-state index in [0.29, 0.717) is 11.5 Å². The van der Waals surface area contributed by atoms with E-state index in [2.05, 4.69) is 37.9 Å². The second-order valence-electron chi connectivity index (χ2n) is 8.16. The van der Waals surface area contributed by atoms with Crippen LogP contribution in [0.2, 0.25) is 0 Å². The predicted molar refractivity (Wildman–Crippen MR) is 122 cm³/mol. The highest BCUT2D eigenvalue weighted by Gasteiger charge is 2.21. The average Bonchev–Trinajstić information content (AvgIpc) is 2.57. The molecular formula is C20H42IN3O2. The molecule has 0 unspecified atom stereocenters. The SMILES string of the molecule is CCNC(=NCCCCC(C)(C)C)N1CCC(OCCCOC)CC1.I. The topological polar surface area (TPSA) is 46.1 Å². The van der Waals surface area contributed by atoms with Crippen LogP contribution in [0.4, 0.5) is 0 Å². The van der Waals surface area contributed by atoms with E-state index in [1.165, 1.54) is 19.3 Å². The minimum Gasteiger partial charge on any atom is -0.385 e. The molecule has 0 bridgehead atoms. The first-order valence-electron chi connectivity index (χ1n) is 10.1. The summed E-state index contributed by atoms with van der Waals surface area (Å²) in [6.07, 6.45) is 7.24. The van der Waals surface area contributed by atoms with Crippen molar-refractivity contribution in [3.63, 3.8) is 0 Å². The highest BCUT2D eigenvalue weighted by atomic mass is 127. The number of piperidine rings is 1. The Morgan fingerprint density at radius 1 is 1.12 bits per heavy atom. The Morgan fingerprint density at radius 3 is 2.38 bits per heavy atom. The summed E-state index contributed by atoms with van der Waals surface area (Å²) in [5, 5.41) is 3.45. The van der Waals surface area contributed by atoms with Crippen molar-refractivity contribution in [3.05, 3.63) is 0 Å². The third kappa shape index (κ3) is 12.3. The number of guanidine groups is 1. The minimum absolute atomic E-state index is 0. The van der Waals surface area contributed by atoms with E-state index in [1.54, 1.807) is 7.11 Å². The van der Waals surface area contributed by atoms with Crippen LogP contribution in [0.15, 0.2) is 4.99 Å². The van der Waals surface area contributed by atoms with Gasteiger partial charge in [-0.2, -0.15) is 0 Å². The van der Waals surface area contributed by atoms with E-state index < -0.39 is 0 Å². The maximum Gasteiger partial charge on any atom is 0.193 e. The summed E-state index contributed by atoms with van der Waals surface area (Å²) in [6, 6.07) is 0. The van der Waals surface area contributed by atoms with Crippen molar-refractivity contribution in [1.29, 1.82) is 0 Å². The molecular weight excluding hydrogens is 441 g/mol. The molecule has 156 valence electrons. The number of ether oxygens (including phenoxy) is 2. The minimum atomic E-state index is 0. The summed E-state index contributed by atoms with van der Waals surface area (Å²) in [5.41, 5.74) is 0.430. The van der Waals surface area contributed by atoms with Crippen LogP contribution in [-0.4, -0.2) is 63.5 Å². The number of likely N-dealkylation sites (tertiary alicyclic amines) is 1. The lowest BCUT2D eigenvalue weighted by Crippen LogP contribution is -2.47. The predicted octanol–water partition coefficient (Wildman–Crippen LogP) is 4.30. The highest BCUT2D eigenvalue weighted by Crippen LogP contribution is 2.21. The first-order valence-corrected chi connectivity index (χ1v) is 10.1. The Bertz CT molecular complexity index is 365. The average molecular weight is 483 g/mol. The summed E-state index contributed by atoms with van der Waals surface area (Å²) >= 11 is 0. The number of unbranched alkanes of at least 4 members (excludes halogenated alkanes) is 1. The van der Waals surface area contributed by atoms with Crippen LogP contribution in [0.25, 0.3) is 0 Å². The summed E-state index contributed by atoms with van der Waals surface area (Å²) < 4.78 is 11.0. The lowest BCUT2D eigenvalue weighted by molar-refractivity contribution is 0.00990. The van der Waals surface area contributed by atoms with Crippen LogP contribution < -0.4 is 5.32 Å². The highest BCUT2D eigenvalue weighted by molar-refractivity contribution is 14.0. The van der Waals surface area contributed by atoms with Gasteiger partial charge in [-0.25, -0.2) is 0 Å². The summed E-state index contributed by atoms with van der Waals surface area (Å²) in [7, 11) is 1.74. The second-order valence-corrected chi connectivity index (χ2v) is 8.16. The van der Waals surface area contributed by atoms with Crippen LogP contribution in [0.1, 0.15) is 66.2 Å². The molecule has 26 heavy (non-hydrogen) atoms. The van der Waals surface area contributed by atoms with Crippen molar-refractivity contribution in [3.8, 4) is 0 Å². The van der Waals surface area contributed by atoms with Gasteiger partial charge in [0.25, 0.3) is 0 Å². The van der Waals surface area contributed by atoms with Gasteiger partial charge in [-0.3, -0.25) is 4.99 Å². The van der Waals surface area contributed by atoms with Crippen molar-refractivity contribution < 1.29 is 9.47 Å². The molecule has 0 saturated carbocycles. The van der Waals surface area contributed by atoms with Gasteiger partial charge >= 0.3 is 0 Å². The smallest absolute Gasteiger partial charge is 0.193 e. The van der Waals surface area contributed by atoms with Gasteiger partial charge in [0.1, 0.15) is 0 Å². The zero-order chi connectivity index (χ0) is 18.5. The van der Waals surface area contributed by atoms with Crippen LogP contribution in [0.3, 0.4) is 0 Å². The molecule has 1 N–H and O–H groups in total. The molecule has 1 saturated heterocycles. The van der Waals surface area contributed by atoms with Gasteiger partial charge in [0.05, 0.1) is 6.10 Å². The molecule has 0 amide bonds. The van der Waals surface area contributed by atoms with Gasteiger partial charge in [0, 0.05) is 46.5 Å². The van der Waals surface area contributed by atoms with Crippen LogP contribution in [0, 0.1) is 5.41 Å². The van der Waals surface area contributed by atoms with E-state index in [4.69, 9.17) is 14.5 Å². The van der Waals surface area contributed by atoms with Gasteiger partial charge in [-0.15, -0.1) is 24.0 Å². The van der Waals surface area contributed by atoms with E-state index in [1.807, 2.05) is 0 Å². The fourth-order valence-electron chi connectivity index (χ4n) is 3.07. The number of nitrogens with one attached hydrogen (secondary N) is 1. The molecule has 1 fully saturated rings. The van der Waals surface area contributed by atoms with Gasteiger partial charge in [0.15, 0.2) is 5.96 Å². The maximum absolute atomic E-state index is 5.95. The zero-order valence-corrected chi connectivity index (χ0v) is 20.0. The monoisotopic (exact) mass is 483 g/mol. The van der Waals surface area contributed by atoms with Crippen LogP contribution >= 0.6 is 24.0 Å². The molecule has 0 radical (unpaired) electrons. The number of rotatable bonds is 10. The van der Waals surface area contributed by atoms with Gasteiger partial charge in [-0.1, -0.05) is 27.2 Å². The van der Waals surface area contributed by atoms with Crippen LogP contribution in [-0.2, 0) is 9.47 Å². The lowest BCUT2D eigenvalue weighted by Gasteiger charge is -2.34. The van der Waals surface area contributed by atoms with Crippen molar-refractivity contribution in [2.75, 3.05) is 46.5 Å². The third-order valence-corrected chi connectivity index (χ3v) is 4.52. The number of aliphatic imine (C=N–C) groups is 1. The third-order valence-electron chi connectivity index (χ3n) is 4.52. The number of halogens is 1. The first-order chi connectivity index (χ1) is 12.0. The molecule has 0 aromatic heterocycles. The largest absolute Gasteiger partial charge is 0.385 e. The Balaban J connectivity index is 0.00000625. The molecule has 1 aliphatic rings. The van der Waals surface area contributed by atoms with Gasteiger partial charge in [0.2, 0.25) is 0 Å². The molecule has 0 aliphatic carbocycles. The van der Waals surface area contributed by atoms with Crippen LogP contribution in [0.5, 0.6) is 0 Å². The van der Waals surface area contributed by atoms with E-state index in [9.17, 15) is 0 Å². The summed E-state index contributed by atoms with van der Waals surface area (Å²) in [5.74, 6) is 1.08. The molecule has 6 heteroatoms. The number of nitrogens with zero attached hydrogens (tertiary/aromatic N) is 2. The number of hydrogen-bond donors (Lipinski definition) is 1. The van der Waals surface area contributed by atoms with Crippen molar-refractivity contribution in [2.45, 2.75) is 72.3 Å². The molecule has 0 spiro atoms. The molecule has 0 aromatic carbocycles. The number of methoxy groups -OCH3 is 1. The molecule has 1 aliphatic heterocycles. The molecule has 0 atom stereocenters. The number of hydrogen-bond acceptors (Lipinski definition) is 3. The first kappa shape index (κ1) is 25.9. The summed E-state index contributed by atoms with van der Waals surface area (Å²) in [4.78, 5) is 7.23. The fraction of sp³-hybridized carbons (Fsp3) is 0.950. The molecule has 1 rings (SSSR count). The van der Waals surface area contributed by atoms with E-state index in [0.717, 1.165) is 64.6 Å². The van der Waals surface area contributed by atoms with Crippen molar-refractivity contribution in [1.82, 2.24) is 10.2 Å². The van der Waals surface area contributed by atoms with E-state index >= 15 is 0 Å². The normalized spacial score (nSPS) is 16.5. The summed E-state index contributed by atoms with van der Waals surface area (Å²) in [6.45, 7) is 14.6. The Kier molecular flexibility index (Phi) is 14.9. The lowest BCUT2D eigenvalue weighted by atomic mass is 9.90. The zero-order valence-electron chi connectivity index (χ0n) is 17.7. The molecule has 1 heterocycles. The standard InChI is InChI=1S/C20H41N3O2.HI/c1-6-21-19(22-13-8-7-12-20(2,3)4)23-14-10-18(11-15-23)25-17-9-16-24-5;/h18H,6-17H2,1-5H3,(H,21,22);1H. The van der Waals surface area contributed by atoms with Gasteiger partial charge in [-0.05, 0) is 44.4 Å².